The molecule has 0 radical (unpaired) electrons. The minimum atomic E-state index is 0.0732. The van der Waals surface area contributed by atoms with Crippen molar-refractivity contribution in [2.24, 2.45) is 0 Å². The molecular weight excluding hydrogens is 240 g/mol. The number of likely N-dealkylation sites (N-methyl/N-ethyl adjacent to an activating group) is 1. The third kappa shape index (κ3) is 4.24. The van der Waals surface area contributed by atoms with Crippen molar-refractivity contribution >= 4 is 5.91 Å². The van der Waals surface area contributed by atoms with Gasteiger partial charge in [-0.25, -0.2) is 0 Å². The molecule has 106 valence electrons. The highest BCUT2D eigenvalue weighted by atomic mass is 16.5. The predicted molar refractivity (Wildman–Crippen MR) is 77.5 cm³/mol. The molecule has 0 saturated heterocycles. The summed E-state index contributed by atoms with van der Waals surface area (Å²) in [5.74, 6) is 0.947. The summed E-state index contributed by atoms with van der Waals surface area (Å²) in [5.41, 5.74) is 2.26. The molecule has 1 unspecified atom stereocenters. The Morgan fingerprint density at radius 2 is 2.16 bits per heavy atom. The average molecular weight is 264 g/mol. The number of nitrogens with one attached hydrogen (secondary N) is 1. The minimum Gasteiger partial charge on any atom is -0.496 e. The van der Waals surface area contributed by atoms with Crippen molar-refractivity contribution in [3.63, 3.8) is 0 Å². The largest absolute Gasteiger partial charge is 0.496 e. The number of aryl methyl sites for hydroxylation is 1. The summed E-state index contributed by atoms with van der Waals surface area (Å²) in [6.45, 7) is 7.11. The van der Waals surface area contributed by atoms with Gasteiger partial charge < -0.3 is 15.0 Å². The van der Waals surface area contributed by atoms with Crippen LogP contribution in [0.15, 0.2) is 18.2 Å². The van der Waals surface area contributed by atoms with Gasteiger partial charge in [-0.2, -0.15) is 0 Å². The smallest absolute Gasteiger partial charge is 0.236 e. The van der Waals surface area contributed by atoms with E-state index < -0.39 is 0 Å². The summed E-state index contributed by atoms with van der Waals surface area (Å²) in [6, 6.07) is 6.14. The van der Waals surface area contributed by atoms with Crippen LogP contribution in [-0.4, -0.2) is 38.1 Å². The Morgan fingerprint density at radius 3 is 2.74 bits per heavy atom. The van der Waals surface area contributed by atoms with Crippen molar-refractivity contribution in [2.45, 2.75) is 26.8 Å². The Kier molecular flexibility index (Phi) is 5.83. The number of amides is 1. The number of benzene rings is 1. The fraction of sp³-hybridized carbons (Fsp3) is 0.533. The molecular formula is C15H24N2O2. The molecule has 1 aromatic carbocycles. The van der Waals surface area contributed by atoms with Gasteiger partial charge in [-0.1, -0.05) is 17.7 Å². The van der Waals surface area contributed by atoms with Crippen molar-refractivity contribution in [3.05, 3.63) is 29.3 Å². The van der Waals surface area contributed by atoms with E-state index in [-0.39, 0.29) is 11.9 Å². The van der Waals surface area contributed by atoms with Gasteiger partial charge in [0.05, 0.1) is 13.7 Å². The standard InChI is InChI=1S/C15H24N2O2/c1-6-17(4)15(18)10-16-12(3)13-9-11(2)7-8-14(13)19-5/h7-9,12,16H,6,10H2,1-5H3. The fourth-order valence-electron chi connectivity index (χ4n) is 1.85. The molecule has 0 heterocycles. The number of nitrogens with zero attached hydrogens (tertiary/aromatic N) is 1. The maximum Gasteiger partial charge on any atom is 0.236 e. The van der Waals surface area contributed by atoms with Crippen LogP contribution < -0.4 is 10.1 Å². The van der Waals surface area contributed by atoms with Crippen LogP contribution in [-0.2, 0) is 4.79 Å². The lowest BCUT2D eigenvalue weighted by molar-refractivity contribution is -0.128. The monoisotopic (exact) mass is 264 g/mol. The third-order valence-electron chi connectivity index (χ3n) is 3.31. The lowest BCUT2D eigenvalue weighted by Crippen LogP contribution is -2.36. The van der Waals surface area contributed by atoms with Crippen molar-refractivity contribution in [3.8, 4) is 5.75 Å². The van der Waals surface area contributed by atoms with E-state index in [1.165, 1.54) is 5.56 Å². The number of rotatable bonds is 6. The Morgan fingerprint density at radius 1 is 1.47 bits per heavy atom. The first-order valence-corrected chi connectivity index (χ1v) is 6.61. The van der Waals surface area contributed by atoms with Gasteiger partial charge in [0.1, 0.15) is 5.75 Å². The van der Waals surface area contributed by atoms with Crippen molar-refractivity contribution in [2.75, 3.05) is 27.2 Å². The number of hydrogen-bond donors (Lipinski definition) is 1. The minimum absolute atomic E-state index is 0.0732. The van der Waals surface area contributed by atoms with Crippen molar-refractivity contribution in [1.29, 1.82) is 0 Å². The molecule has 0 aliphatic rings. The first kappa shape index (κ1) is 15.5. The summed E-state index contributed by atoms with van der Waals surface area (Å²) < 4.78 is 5.36. The number of ether oxygens (including phenoxy) is 1. The zero-order chi connectivity index (χ0) is 14.4. The molecule has 1 rings (SSSR count). The summed E-state index contributed by atoms with van der Waals surface area (Å²) in [4.78, 5) is 13.5. The van der Waals surface area contributed by atoms with E-state index in [4.69, 9.17) is 4.74 Å². The molecule has 4 nitrogen and oxygen atoms in total. The highest BCUT2D eigenvalue weighted by molar-refractivity contribution is 5.77. The number of methoxy groups -OCH3 is 1. The van der Waals surface area contributed by atoms with E-state index in [1.54, 1.807) is 12.0 Å². The lowest BCUT2D eigenvalue weighted by atomic mass is 10.0. The first-order chi connectivity index (χ1) is 8.99. The zero-order valence-electron chi connectivity index (χ0n) is 12.5. The summed E-state index contributed by atoms with van der Waals surface area (Å²) >= 11 is 0. The highest BCUT2D eigenvalue weighted by Gasteiger charge is 2.13. The SMILES string of the molecule is CCN(C)C(=O)CNC(C)c1cc(C)ccc1OC. The first-order valence-electron chi connectivity index (χ1n) is 6.61. The fourth-order valence-corrected chi connectivity index (χ4v) is 1.85. The van der Waals surface area contributed by atoms with Crippen LogP contribution >= 0.6 is 0 Å². The van der Waals surface area contributed by atoms with E-state index in [2.05, 4.69) is 11.4 Å². The predicted octanol–water partition coefficient (Wildman–Crippen LogP) is 2.13. The Labute approximate surface area is 115 Å². The number of carbonyl (C=O) groups excluding carboxylic acids is 1. The molecule has 4 heteroatoms. The molecule has 0 fully saturated rings. The van der Waals surface area contributed by atoms with Crippen LogP contribution in [0.1, 0.15) is 31.0 Å². The molecule has 0 aliphatic carbocycles. The molecule has 0 spiro atoms. The van der Waals surface area contributed by atoms with Crippen LogP contribution in [0.5, 0.6) is 5.75 Å². The van der Waals surface area contributed by atoms with Gasteiger partial charge in [0.25, 0.3) is 0 Å². The Balaban J connectivity index is 2.70. The van der Waals surface area contributed by atoms with E-state index in [1.807, 2.05) is 40.0 Å². The van der Waals surface area contributed by atoms with Gasteiger partial charge in [-0.3, -0.25) is 4.79 Å². The van der Waals surface area contributed by atoms with Gasteiger partial charge in [0.15, 0.2) is 0 Å². The number of carbonyl (C=O) groups is 1. The van der Waals surface area contributed by atoms with Crippen molar-refractivity contribution < 1.29 is 9.53 Å². The molecule has 1 amide bonds. The quantitative estimate of drug-likeness (QED) is 0.856. The molecule has 0 aromatic heterocycles. The van der Waals surface area contributed by atoms with E-state index in [9.17, 15) is 4.79 Å². The van der Waals surface area contributed by atoms with Gasteiger partial charge in [0.2, 0.25) is 5.91 Å². The highest BCUT2D eigenvalue weighted by Crippen LogP contribution is 2.25. The third-order valence-corrected chi connectivity index (χ3v) is 3.31. The van der Waals surface area contributed by atoms with E-state index >= 15 is 0 Å². The molecule has 0 saturated carbocycles. The Hall–Kier alpha value is -1.55. The summed E-state index contributed by atoms with van der Waals surface area (Å²) in [5, 5.41) is 3.24. The van der Waals surface area contributed by atoms with Gasteiger partial charge >= 0.3 is 0 Å². The second-order valence-corrected chi connectivity index (χ2v) is 4.76. The van der Waals surface area contributed by atoms with E-state index in [0.29, 0.717) is 6.54 Å². The topological polar surface area (TPSA) is 41.6 Å². The van der Waals surface area contributed by atoms with Crippen LogP contribution in [0.4, 0.5) is 0 Å². The van der Waals surface area contributed by atoms with Gasteiger partial charge in [-0.15, -0.1) is 0 Å². The van der Waals surface area contributed by atoms with E-state index in [0.717, 1.165) is 17.9 Å². The van der Waals surface area contributed by atoms with Gasteiger partial charge in [0, 0.05) is 25.2 Å². The van der Waals surface area contributed by atoms with Crippen LogP contribution in [0.3, 0.4) is 0 Å². The van der Waals surface area contributed by atoms with Crippen LogP contribution in [0.2, 0.25) is 0 Å². The number of hydrogen-bond acceptors (Lipinski definition) is 3. The maximum atomic E-state index is 11.8. The van der Waals surface area contributed by atoms with Gasteiger partial charge in [-0.05, 0) is 26.8 Å². The second-order valence-electron chi connectivity index (χ2n) is 4.76. The average Bonchev–Trinajstić information content (AvgIpc) is 2.43. The zero-order valence-corrected chi connectivity index (χ0v) is 12.5. The molecule has 1 atom stereocenters. The molecule has 19 heavy (non-hydrogen) atoms. The molecule has 0 aliphatic heterocycles. The summed E-state index contributed by atoms with van der Waals surface area (Å²) in [7, 11) is 3.47. The second kappa shape index (κ2) is 7.14. The van der Waals surface area contributed by atoms with Crippen LogP contribution in [0, 0.1) is 6.92 Å². The van der Waals surface area contributed by atoms with Crippen molar-refractivity contribution in [1.82, 2.24) is 10.2 Å². The molecule has 1 N–H and O–H groups in total. The maximum absolute atomic E-state index is 11.8. The normalized spacial score (nSPS) is 12.1. The van der Waals surface area contributed by atoms with Crippen LogP contribution in [0.25, 0.3) is 0 Å². The summed E-state index contributed by atoms with van der Waals surface area (Å²) in [6.07, 6.45) is 0. The molecule has 1 aromatic rings. The Bertz CT molecular complexity index is 432. The molecule has 0 bridgehead atoms. The lowest BCUT2D eigenvalue weighted by Gasteiger charge is -2.20.